The number of nitrogens with one attached hydrogen (secondary N) is 1. The molecule has 0 heterocycles. The Morgan fingerprint density at radius 1 is 1.05 bits per heavy atom. The number of benzene rings is 2. The lowest BCUT2D eigenvalue weighted by Crippen LogP contribution is -2.20. The number of hydrogen-bond acceptors (Lipinski definition) is 3. The number of ether oxygens (including phenoxy) is 1. The zero-order valence-electron chi connectivity index (χ0n) is 11.2. The summed E-state index contributed by atoms with van der Waals surface area (Å²) in [6.07, 6.45) is 0.904. The molecule has 2 aromatic carbocycles. The average molecular weight is 292 g/mol. The molecule has 0 aliphatic heterocycles. The molecule has 0 radical (unpaired) electrons. The van der Waals surface area contributed by atoms with E-state index < -0.39 is 0 Å². The summed E-state index contributed by atoms with van der Waals surface area (Å²) in [5, 5.41) is 13.1. The summed E-state index contributed by atoms with van der Waals surface area (Å²) >= 11 is 5.90. The highest BCUT2D eigenvalue weighted by molar-refractivity contribution is 6.30. The molecule has 2 rings (SSSR count). The van der Waals surface area contributed by atoms with Gasteiger partial charge in [-0.1, -0.05) is 35.9 Å². The third-order valence-corrected chi connectivity index (χ3v) is 3.12. The van der Waals surface area contributed by atoms with Crippen LogP contribution in [0.4, 0.5) is 0 Å². The minimum atomic E-state index is 0.298. The first-order valence-electron chi connectivity index (χ1n) is 6.55. The van der Waals surface area contributed by atoms with Crippen molar-refractivity contribution in [2.75, 3.05) is 13.3 Å². The molecule has 0 saturated heterocycles. The van der Waals surface area contributed by atoms with E-state index in [1.54, 1.807) is 12.1 Å². The first kappa shape index (κ1) is 14.9. The van der Waals surface area contributed by atoms with E-state index in [4.69, 9.17) is 16.3 Å². The Labute approximate surface area is 124 Å². The predicted molar refractivity (Wildman–Crippen MR) is 80.9 cm³/mol. The Morgan fingerprint density at radius 3 is 2.60 bits per heavy atom. The van der Waals surface area contributed by atoms with Gasteiger partial charge in [0, 0.05) is 11.6 Å². The standard InChI is InChI=1S/C16H18ClNO2/c17-15-3-1-2-14(10-15)11-20-12-18-9-8-13-4-6-16(19)7-5-13/h1-7,10,18-19H,8-9,11-12H2. The Bertz CT molecular complexity index is 528. The maximum Gasteiger partial charge on any atom is 0.115 e. The van der Waals surface area contributed by atoms with Crippen LogP contribution in [-0.4, -0.2) is 18.4 Å². The van der Waals surface area contributed by atoms with E-state index in [2.05, 4.69) is 5.32 Å². The molecule has 0 aliphatic rings. The summed E-state index contributed by atoms with van der Waals surface area (Å²) in [7, 11) is 0. The predicted octanol–water partition coefficient (Wildman–Crippen LogP) is 3.35. The fourth-order valence-electron chi connectivity index (χ4n) is 1.84. The van der Waals surface area contributed by atoms with E-state index in [-0.39, 0.29) is 0 Å². The zero-order chi connectivity index (χ0) is 14.2. The molecule has 106 valence electrons. The molecule has 20 heavy (non-hydrogen) atoms. The van der Waals surface area contributed by atoms with Crippen molar-refractivity contribution in [2.45, 2.75) is 13.0 Å². The van der Waals surface area contributed by atoms with Crippen LogP contribution in [0.3, 0.4) is 0 Å². The number of hydrogen-bond donors (Lipinski definition) is 2. The number of phenols is 1. The van der Waals surface area contributed by atoms with Crippen molar-refractivity contribution in [1.82, 2.24) is 5.32 Å². The van der Waals surface area contributed by atoms with Gasteiger partial charge in [0.25, 0.3) is 0 Å². The lowest BCUT2D eigenvalue weighted by atomic mass is 10.1. The molecule has 0 bridgehead atoms. The smallest absolute Gasteiger partial charge is 0.115 e. The molecule has 0 amide bonds. The molecule has 0 spiro atoms. The number of phenolic OH excluding ortho intramolecular Hbond substituents is 1. The fraction of sp³-hybridized carbons (Fsp3) is 0.250. The number of aromatic hydroxyl groups is 1. The molecule has 0 saturated carbocycles. The highest BCUT2D eigenvalue weighted by Gasteiger charge is 1.96. The Balaban J connectivity index is 1.59. The monoisotopic (exact) mass is 291 g/mol. The van der Waals surface area contributed by atoms with Crippen molar-refractivity contribution in [1.29, 1.82) is 0 Å². The van der Waals surface area contributed by atoms with Crippen LogP contribution in [-0.2, 0) is 17.8 Å². The largest absolute Gasteiger partial charge is 0.508 e. The summed E-state index contributed by atoms with van der Waals surface area (Å²) in [6, 6.07) is 14.9. The molecule has 0 aromatic heterocycles. The van der Waals surface area contributed by atoms with Gasteiger partial charge in [-0.3, -0.25) is 5.32 Å². The molecule has 3 nitrogen and oxygen atoms in total. The van der Waals surface area contributed by atoms with E-state index in [9.17, 15) is 5.11 Å². The van der Waals surface area contributed by atoms with Gasteiger partial charge in [0.05, 0.1) is 13.3 Å². The van der Waals surface area contributed by atoms with Crippen LogP contribution in [0.25, 0.3) is 0 Å². The minimum absolute atomic E-state index is 0.298. The van der Waals surface area contributed by atoms with Gasteiger partial charge in [-0.2, -0.15) is 0 Å². The second-order valence-corrected chi connectivity index (χ2v) is 4.98. The Hall–Kier alpha value is -1.55. The van der Waals surface area contributed by atoms with Gasteiger partial charge in [0.1, 0.15) is 5.75 Å². The third kappa shape index (κ3) is 5.21. The van der Waals surface area contributed by atoms with Crippen LogP contribution in [0.15, 0.2) is 48.5 Å². The number of halogens is 1. The maximum absolute atomic E-state index is 9.18. The summed E-state index contributed by atoms with van der Waals surface area (Å²) < 4.78 is 5.52. The Kier molecular flexibility index (Phi) is 5.87. The lowest BCUT2D eigenvalue weighted by molar-refractivity contribution is 0.104. The van der Waals surface area contributed by atoms with Gasteiger partial charge in [-0.25, -0.2) is 0 Å². The first-order chi connectivity index (χ1) is 9.74. The Morgan fingerprint density at radius 2 is 1.85 bits per heavy atom. The molecule has 2 aromatic rings. The summed E-state index contributed by atoms with van der Waals surface area (Å²) in [6.45, 7) is 1.89. The normalized spacial score (nSPS) is 10.7. The summed E-state index contributed by atoms with van der Waals surface area (Å²) in [5.41, 5.74) is 2.25. The van der Waals surface area contributed by atoms with Gasteiger partial charge in [-0.15, -0.1) is 0 Å². The second-order valence-electron chi connectivity index (χ2n) is 4.54. The van der Waals surface area contributed by atoms with E-state index in [0.717, 1.165) is 23.6 Å². The first-order valence-corrected chi connectivity index (χ1v) is 6.92. The molecule has 4 heteroatoms. The van der Waals surface area contributed by atoms with Crippen LogP contribution in [0.2, 0.25) is 5.02 Å². The van der Waals surface area contributed by atoms with Gasteiger partial charge < -0.3 is 9.84 Å². The van der Waals surface area contributed by atoms with Crippen molar-refractivity contribution in [3.05, 3.63) is 64.7 Å². The van der Waals surface area contributed by atoms with E-state index in [1.165, 1.54) is 5.56 Å². The van der Waals surface area contributed by atoms with Crippen molar-refractivity contribution < 1.29 is 9.84 Å². The highest BCUT2D eigenvalue weighted by Crippen LogP contribution is 2.11. The van der Waals surface area contributed by atoms with Crippen LogP contribution in [0.5, 0.6) is 5.75 Å². The SMILES string of the molecule is Oc1ccc(CCNCOCc2cccc(Cl)c2)cc1. The third-order valence-electron chi connectivity index (χ3n) is 2.89. The number of rotatable bonds is 7. The lowest BCUT2D eigenvalue weighted by Gasteiger charge is -2.07. The van der Waals surface area contributed by atoms with Crippen molar-refractivity contribution in [2.24, 2.45) is 0 Å². The van der Waals surface area contributed by atoms with Crippen LogP contribution in [0, 0.1) is 0 Å². The molecule has 0 atom stereocenters. The maximum atomic E-state index is 9.18. The van der Waals surface area contributed by atoms with Gasteiger partial charge >= 0.3 is 0 Å². The summed E-state index contributed by atoms with van der Waals surface area (Å²) in [5.74, 6) is 0.298. The van der Waals surface area contributed by atoms with Crippen molar-refractivity contribution >= 4 is 11.6 Å². The van der Waals surface area contributed by atoms with Crippen LogP contribution < -0.4 is 5.32 Å². The molecule has 0 unspecified atom stereocenters. The van der Waals surface area contributed by atoms with E-state index in [0.29, 0.717) is 19.1 Å². The molecule has 2 N–H and O–H groups in total. The van der Waals surface area contributed by atoms with Gasteiger partial charge in [0.2, 0.25) is 0 Å². The quantitative estimate of drug-likeness (QED) is 0.607. The molecule has 0 aliphatic carbocycles. The molecule has 0 fully saturated rings. The topological polar surface area (TPSA) is 41.5 Å². The second kappa shape index (κ2) is 7.90. The van der Waals surface area contributed by atoms with E-state index in [1.807, 2.05) is 36.4 Å². The fourth-order valence-corrected chi connectivity index (χ4v) is 2.05. The van der Waals surface area contributed by atoms with Crippen molar-refractivity contribution in [3.8, 4) is 5.75 Å². The van der Waals surface area contributed by atoms with Crippen molar-refractivity contribution in [3.63, 3.8) is 0 Å². The molecular weight excluding hydrogens is 274 g/mol. The molecular formula is C16H18ClNO2. The van der Waals surface area contributed by atoms with Gasteiger partial charge in [-0.05, 0) is 41.8 Å². The van der Waals surface area contributed by atoms with Crippen LogP contribution in [0.1, 0.15) is 11.1 Å². The van der Waals surface area contributed by atoms with Gasteiger partial charge in [0.15, 0.2) is 0 Å². The highest BCUT2D eigenvalue weighted by atomic mass is 35.5. The summed E-state index contributed by atoms with van der Waals surface area (Å²) in [4.78, 5) is 0. The van der Waals surface area contributed by atoms with Crippen LogP contribution >= 0.6 is 11.6 Å². The minimum Gasteiger partial charge on any atom is -0.508 e. The average Bonchev–Trinajstić information content (AvgIpc) is 2.45. The zero-order valence-corrected chi connectivity index (χ0v) is 11.9. The van der Waals surface area contributed by atoms with E-state index >= 15 is 0 Å².